The molecule has 2 rings (SSSR count). The molecule has 98 valence electrons. The quantitative estimate of drug-likeness (QED) is 0.513. The molecule has 0 amide bonds. The van der Waals surface area contributed by atoms with Crippen LogP contribution in [-0.2, 0) is 5.75 Å². The largest absolute Gasteiger partial charge is 0.478 e. The molecule has 0 saturated carbocycles. The molecule has 1 N–H and O–H groups in total. The summed E-state index contributed by atoms with van der Waals surface area (Å²) < 4.78 is 5.13. The van der Waals surface area contributed by atoms with E-state index >= 15 is 0 Å². The zero-order valence-corrected chi connectivity index (χ0v) is 10.4. The van der Waals surface area contributed by atoms with Crippen molar-refractivity contribution in [2.75, 3.05) is 0 Å². The monoisotopic (exact) mass is 279 g/mol. The molecule has 0 aliphatic heterocycles. The fraction of sp³-hybridized carbons (Fsp3) is 0.0833. The molecule has 6 nitrogen and oxygen atoms in total. The molecule has 0 aliphatic carbocycles. The lowest BCUT2D eigenvalue weighted by molar-refractivity contribution is -0.387. The van der Waals surface area contributed by atoms with Crippen LogP contribution >= 0.6 is 11.8 Å². The van der Waals surface area contributed by atoms with Gasteiger partial charge in [-0.05, 0) is 24.3 Å². The number of carboxylic acid groups (broad SMARTS) is 1. The Bertz CT molecular complexity index is 609. The molecule has 1 aromatic carbocycles. The summed E-state index contributed by atoms with van der Waals surface area (Å²) in [5, 5.41) is 19.8. The van der Waals surface area contributed by atoms with Crippen LogP contribution in [-0.4, -0.2) is 16.0 Å². The minimum Gasteiger partial charge on any atom is -0.478 e. The molecule has 0 spiro atoms. The molecular formula is C12H9NO5S. The second kappa shape index (κ2) is 5.57. The summed E-state index contributed by atoms with van der Waals surface area (Å²) in [6, 6.07) is 7.19. The molecular weight excluding hydrogens is 270 g/mol. The number of thioether (sulfide) groups is 1. The van der Waals surface area contributed by atoms with Gasteiger partial charge in [0.2, 0.25) is 0 Å². The van der Waals surface area contributed by atoms with Gasteiger partial charge in [-0.15, -0.1) is 11.8 Å². The number of carboxylic acids is 1. The fourth-order valence-corrected chi connectivity index (χ4v) is 2.42. The van der Waals surface area contributed by atoms with E-state index < -0.39 is 10.9 Å². The standard InChI is InChI=1S/C12H9NO5S/c14-12(15)8-3-4-10(13(16)17)11(6-8)19-7-9-2-1-5-18-9/h1-6H,7H2,(H,14,15). The van der Waals surface area contributed by atoms with Crippen LogP contribution < -0.4 is 0 Å². The summed E-state index contributed by atoms with van der Waals surface area (Å²) in [6.07, 6.45) is 1.51. The highest BCUT2D eigenvalue weighted by molar-refractivity contribution is 7.98. The van der Waals surface area contributed by atoms with Crippen LogP contribution in [0.15, 0.2) is 45.9 Å². The van der Waals surface area contributed by atoms with Crippen molar-refractivity contribution in [3.8, 4) is 0 Å². The average molecular weight is 279 g/mol. The predicted molar refractivity (Wildman–Crippen MR) is 68.3 cm³/mol. The van der Waals surface area contributed by atoms with Gasteiger partial charge in [0.1, 0.15) is 5.76 Å². The van der Waals surface area contributed by atoms with Crippen LogP contribution in [0.3, 0.4) is 0 Å². The maximum atomic E-state index is 10.9. The summed E-state index contributed by atoms with van der Waals surface area (Å²) in [6.45, 7) is 0. The maximum absolute atomic E-state index is 10.9. The van der Waals surface area contributed by atoms with E-state index in [2.05, 4.69) is 0 Å². The first-order valence-electron chi connectivity index (χ1n) is 5.25. The Hall–Kier alpha value is -2.28. The lowest BCUT2D eigenvalue weighted by Crippen LogP contribution is -1.98. The van der Waals surface area contributed by atoms with Crippen LogP contribution in [0.4, 0.5) is 5.69 Å². The van der Waals surface area contributed by atoms with Gasteiger partial charge in [0, 0.05) is 6.07 Å². The Kier molecular flexibility index (Phi) is 3.86. The van der Waals surface area contributed by atoms with E-state index in [4.69, 9.17) is 9.52 Å². The first-order chi connectivity index (χ1) is 9.08. The van der Waals surface area contributed by atoms with Crippen molar-refractivity contribution in [3.63, 3.8) is 0 Å². The Morgan fingerprint density at radius 2 is 2.21 bits per heavy atom. The third-order valence-corrected chi connectivity index (χ3v) is 3.42. The molecule has 7 heteroatoms. The Morgan fingerprint density at radius 1 is 1.42 bits per heavy atom. The zero-order valence-electron chi connectivity index (χ0n) is 9.61. The van der Waals surface area contributed by atoms with Gasteiger partial charge in [-0.25, -0.2) is 4.79 Å². The van der Waals surface area contributed by atoms with Gasteiger partial charge in [-0.1, -0.05) is 0 Å². The lowest BCUT2D eigenvalue weighted by atomic mass is 10.2. The second-order valence-electron chi connectivity index (χ2n) is 3.61. The number of hydrogen-bond donors (Lipinski definition) is 1. The predicted octanol–water partition coefficient (Wildman–Crippen LogP) is 3.18. The first-order valence-corrected chi connectivity index (χ1v) is 6.23. The van der Waals surface area contributed by atoms with Gasteiger partial charge in [-0.3, -0.25) is 10.1 Å². The number of aromatic carboxylic acids is 1. The number of rotatable bonds is 5. The van der Waals surface area contributed by atoms with Crippen LogP contribution in [0.2, 0.25) is 0 Å². The van der Waals surface area contributed by atoms with E-state index in [1.807, 2.05) is 0 Å². The van der Waals surface area contributed by atoms with Crippen molar-refractivity contribution in [3.05, 3.63) is 58.0 Å². The van der Waals surface area contributed by atoms with Crippen molar-refractivity contribution in [1.29, 1.82) is 0 Å². The molecule has 0 aliphatic rings. The summed E-state index contributed by atoms with van der Waals surface area (Å²) in [7, 11) is 0. The third kappa shape index (κ3) is 3.14. The van der Waals surface area contributed by atoms with Gasteiger partial charge >= 0.3 is 5.97 Å². The summed E-state index contributed by atoms with van der Waals surface area (Å²) >= 11 is 1.17. The Morgan fingerprint density at radius 3 is 2.79 bits per heavy atom. The topological polar surface area (TPSA) is 93.6 Å². The van der Waals surface area contributed by atoms with E-state index in [0.717, 1.165) is 0 Å². The Balaban J connectivity index is 2.27. The van der Waals surface area contributed by atoms with E-state index in [0.29, 0.717) is 16.4 Å². The van der Waals surface area contributed by atoms with Crippen LogP contribution in [0, 0.1) is 10.1 Å². The minimum absolute atomic E-state index is 0.0209. The Labute approximate surface area is 112 Å². The molecule has 19 heavy (non-hydrogen) atoms. The summed E-state index contributed by atoms with van der Waals surface area (Å²) in [5.74, 6) is -0.0496. The van der Waals surface area contributed by atoms with Gasteiger partial charge in [0.25, 0.3) is 5.69 Å². The van der Waals surface area contributed by atoms with E-state index in [9.17, 15) is 14.9 Å². The number of nitro benzene ring substituents is 1. The average Bonchev–Trinajstić information content (AvgIpc) is 2.88. The highest BCUT2D eigenvalue weighted by atomic mass is 32.2. The lowest BCUT2D eigenvalue weighted by Gasteiger charge is -2.03. The maximum Gasteiger partial charge on any atom is 0.335 e. The molecule has 0 atom stereocenters. The fourth-order valence-electron chi connectivity index (χ4n) is 1.46. The molecule has 0 saturated heterocycles. The molecule has 0 bridgehead atoms. The summed E-state index contributed by atoms with van der Waals surface area (Å²) in [5.41, 5.74) is -0.0888. The van der Waals surface area contributed by atoms with Gasteiger partial charge < -0.3 is 9.52 Å². The minimum atomic E-state index is -1.12. The SMILES string of the molecule is O=C(O)c1ccc([N+](=O)[O-])c(SCc2ccco2)c1. The molecule has 0 radical (unpaired) electrons. The number of furan rings is 1. The van der Waals surface area contributed by atoms with Crippen LogP contribution in [0.25, 0.3) is 0 Å². The van der Waals surface area contributed by atoms with Gasteiger partial charge in [0.05, 0.1) is 27.4 Å². The highest BCUT2D eigenvalue weighted by Gasteiger charge is 2.17. The van der Waals surface area contributed by atoms with E-state index in [-0.39, 0.29) is 11.3 Å². The van der Waals surface area contributed by atoms with Crippen LogP contribution in [0.1, 0.15) is 16.1 Å². The number of carbonyl (C=O) groups is 1. The molecule has 1 heterocycles. The van der Waals surface area contributed by atoms with Crippen LogP contribution in [0.5, 0.6) is 0 Å². The highest BCUT2D eigenvalue weighted by Crippen LogP contribution is 2.32. The van der Waals surface area contributed by atoms with E-state index in [1.54, 1.807) is 12.1 Å². The smallest absolute Gasteiger partial charge is 0.335 e. The molecule has 0 unspecified atom stereocenters. The first kappa shape index (κ1) is 13.2. The number of nitrogens with zero attached hydrogens (tertiary/aromatic N) is 1. The number of benzene rings is 1. The van der Waals surface area contributed by atoms with Crippen molar-refractivity contribution in [2.45, 2.75) is 10.6 Å². The molecule has 0 fully saturated rings. The van der Waals surface area contributed by atoms with Gasteiger partial charge in [-0.2, -0.15) is 0 Å². The summed E-state index contributed by atoms with van der Waals surface area (Å²) in [4.78, 5) is 21.5. The van der Waals surface area contributed by atoms with Crippen molar-refractivity contribution in [2.24, 2.45) is 0 Å². The van der Waals surface area contributed by atoms with E-state index in [1.165, 1.54) is 36.2 Å². The normalized spacial score (nSPS) is 10.3. The molecule has 2 aromatic rings. The molecule has 1 aromatic heterocycles. The van der Waals surface area contributed by atoms with Gasteiger partial charge in [0.15, 0.2) is 0 Å². The number of nitro groups is 1. The van der Waals surface area contributed by atoms with Crippen molar-refractivity contribution < 1.29 is 19.2 Å². The van der Waals surface area contributed by atoms with Crippen molar-refractivity contribution in [1.82, 2.24) is 0 Å². The second-order valence-corrected chi connectivity index (χ2v) is 4.63. The third-order valence-electron chi connectivity index (χ3n) is 2.35. The number of hydrogen-bond acceptors (Lipinski definition) is 5. The zero-order chi connectivity index (χ0) is 13.8. The van der Waals surface area contributed by atoms with Crippen molar-refractivity contribution >= 4 is 23.4 Å².